The van der Waals surface area contributed by atoms with E-state index in [0.717, 1.165) is 17.7 Å². The minimum absolute atomic E-state index is 0.00567. The summed E-state index contributed by atoms with van der Waals surface area (Å²) in [6.07, 6.45) is 3.88. The van der Waals surface area contributed by atoms with Crippen molar-refractivity contribution >= 4 is 16.5 Å². The van der Waals surface area contributed by atoms with E-state index in [9.17, 15) is 10.1 Å². The summed E-state index contributed by atoms with van der Waals surface area (Å²) in [6, 6.07) is 10.6. The van der Waals surface area contributed by atoms with Crippen molar-refractivity contribution in [1.82, 2.24) is 4.98 Å². The molecule has 0 unspecified atom stereocenters. The molecule has 1 aliphatic rings. The van der Waals surface area contributed by atoms with Gasteiger partial charge in [0.15, 0.2) is 11.5 Å². The second-order valence-electron chi connectivity index (χ2n) is 6.65. The zero-order valence-electron chi connectivity index (χ0n) is 13.9. The number of non-ortho nitro benzene ring substituents is 1. The molecule has 6 heteroatoms. The molecule has 126 valence electrons. The third-order valence-electron chi connectivity index (χ3n) is 4.23. The first kappa shape index (κ1) is 15.4. The van der Waals surface area contributed by atoms with Crippen molar-refractivity contribution < 1.29 is 14.4 Å². The van der Waals surface area contributed by atoms with E-state index in [4.69, 9.17) is 9.47 Å². The fourth-order valence-electron chi connectivity index (χ4n) is 3.18. The average molecular weight is 336 g/mol. The van der Waals surface area contributed by atoms with E-state index in [0.29, 0.717) is 22.3 Å². The molecule has 0 saturated heterocycles. The molecule has 0 bridgehead atoms. The summed E-state index contributed by atoms with van der Waals surface area (Å²) in [4.78, 5) is 14.8. The number of ether oxygens (including phenoxy) is 2. The Labute approximate surface area is 144 Å². The number of nitrogens with zero attached hydrogens (tertiary/aromatic N) is 2. The van der Waals surface area contributed by atoms with Gasteiger partial charge in [-0.1, -0.05) is 12.1 Å². The molecule has 0 fully saturated rings. The van der Waals surface area contributed by atoms with E-state index < -0.39 is 4.92 Å². The molecule has 3 aromatic rings. The quantitative estimate of drug-likeness (QED) is 0.514. The van der Waals surface area contributed by atoms with Crippen LogP contribution in [0.15, 0.2) is 48.8 Å². The van der Waals surface area contributed by atoms with E-state index in [-0.39, 0.29) is 11.3 Å². The molecule has 1 aromatic heterocycles. The van der Waals surface area contributed by atoms with Crippen molar-refractivity contribution in [3.8, 4) is 17.2 Å². The van der Waals surface area contributed by atoms with Crippen LogP contribution in [0.3, 0.4) is 0 Å². The van der Waals surface area contributed by atoms with Crippen LogP contribution in [-0.2, 0) is 6.42 Å². The standard InChI is InChI=1S/C19H16N2O4/c1-19(2)10-12-4-3-5-17(18(12)25-19)24-16-7-6-15(21(22)23)14-11-20-9-8-13(14)16/h3-9,11H,10H2,1-2H3. The van der Waals surface area contributed by atoms with Crippen molar-refractivity contribution in [2.45, 2.75) is 25.9 Å². The summed E-state index contributed by atoms with van der Waals surface area (Å²) in [6.45, 7) is 4.06. The first-order valence-corrected chi connectivity index (χ1v) is 7.94. The summed E-state index contributed by atoms with van der Waals surface area (Å²) >= 11 is 0. The Hall–Kier alpha value is -3.15. The molecule has 0 saturated carbocycles. The molecule has 0 aliphatic carbocycles. The Morgan fingerprint density at radius 1 is 1.16 bits per heavy atom. The minimum Gasteiger partial charge on any atom is -0.483 e. The number of nitro groups is 1. The van der Waals surface area contributed by atoms with Crippen molar-refractivity contribution in [3.63, 3.8) is 0 Å². The largest absolute Gasteiger partial charge is 0.483 e. The molecule has 6 nitrogen and oxygen atoms in total. The predicted molar refractivity (Wildman–Crippen MR) is 93.3 cm³/mol. The molecule has 2 aromatic carbocycles. The maximum atomic E-state index is 11.2. The van der Waals surface area contributed by atoms with Gasteiger partial charge in [-0.05, 0) is 32.0 Å². The van der Waals surface area contributed by atoms with Crippen LogP contribution in [0, 0.1) is 10.1 Å². The van der Waals surface area contributed by atoms with Crippen LogP contribution in [0.2, 0.25) is 0 Å². The van der Waals surface area contributed by atoms with Gasteiger partial charge >= 0.3 is 0 Å². The predicted octanol–water partition coefficient (Wildman–Crippen LogP) is 4.65. The van der Waals surface area contributed by atoms with Crippen LogP contribution < -0.4 is 9.47 Å². The number of nitro benzene ring substituents is 1. The zero-order chi connectivity index (χ0) is 17.6. The highest BCUT2D eigenvalue weighted by Crippen LogP contribution is 2.44. The van der Waals surface area contributed by atoms with E-state index in [1.165, 1.54) is 12.3 Å². The first-order valence-electron chi connectivity index (χ1n) is 7.94. The minimum atomic E-state index is -0.417. The van der Waals surface area contributed by atoms with Crippen molar-refractivity contribution in [2.24, 2.45) is 0 Å². The Bertz CT molecular complexity index is 998. The number of hydrogen-bond acceptors (Lipinski definition) is 5. The van der Waals surface area contributed by atoms with Gasteiger partial charge in [0.25, 0.3) is 5.69 Å². The molecule has 25 heavy (non-hydrogen) atoms. The van der Waals surface area contributed by atoms with Gasteiger partial charge < -0.3 is 9.47 Å². The Kier molecular flexibility index (Phi) is 3.35. The zero-order valence-corrected chi connectivity index (χ0v) is 13.9. The summed E-state index contributed by atoms with van der Waals surface area (Å²) < 4.78 is 12.1. The monoisotopic (exact) mass is 336 g/mol. The maximum absolute atomic E-state index is 11.2. The van der Waals surface area contributed by atoms with E-state index in [1.807, 2.05) is 32.0 Å². The summed E-state index contributed by atoms with van der Waals surface area (Å²) in [7, 11) is 0. The molecular formula is C19H16N2O4. The number of pyridine rings is 1. The van der Waals surface area contributed by atoms with Crippen LogP contribution in [-0.4, -0.2) is 15.5 Å². The van der Waals surface area contributed by atoms with E-state index in [1.54, 1.807) is 18.3 Å². The van der Waals surface area contributed by atoms with Gasteiger partial charge in [0.2, 0.25) is 0 Å². The summed E-state index contributed by atoms with van der Waals surface area (Å²) in [5.74, 6) is 1.87. The average Bonchev–Trinajstić information content (AvgIpc) is 2.90. The fourth-order valence-corrected chi connectivity index (χ4v) is 3.18. The number of rotatable bonds is 3. The van der Waals surface area contributed by atoms with E-state index >= 15 is 0 Å². The number of para-hydroxylation sites is 1. The molecule has 0 spiro atoms. The van der Waals surface area contributed by atoms with Crippen LogP contribution in [0.1, 0.15) is 19.4 Å². The Balaban J connectivity index is 1.80. The molecule has 2 heterocycles. The highest BCUT2D eigenvalue weighted by Gasteiger charge is 2.32. The van der Waals surface area contributed by atoms with Crippen molar-refractivity contribution in [1.29, 1.82) is 0 Å². The topological polar surface area (TPSA) is 74.5 Å². The Morgan fingerprint density at radius 3 is 2.80 bits per heavy atom. The first-order chi connectivity index (χ1) is 11.9. The van der Waals surface area contributed by atoms with Crippen molar-refractivity contribution in [2.75, 3.05) is 0 Å². The lowest BCUT2D eigenvalue weighted by atomic mass is 10.0. The van der Waals surface area contributed by atoms with Crippen LogP contribution in [0.5, 0.6) is 17.2 Å². The third kappa shape index (κ3) is 2.65. The van der Waals surface area contributed by atoms with Gasteiger partial charge in [-0.25, -0.2) is 0 Å². The lowest BCUT2D eigenvalue weighted by Gasteiger charge is -2.18. The second-order valence-corrected chi connectivity index (χ2v) is 6.65. The molecule has 0 N–H and O–H groups in total. The third-order valence-corrected chi connectivity index (χ3v) is 4.23. The van der Waals surface area contributed by atoms with Crippen LogP contribution in [0.25, 0.3) is 10.8 Å². The molecule has 0 atom stereocenters. The Morgan fingerprint density at radius 2 is 2.00 bits per heavy atom. The van der Waals surface area contributed by atoms with Gasteiger partial charge in [-0.3, -0.25) is 15.1 Å². The second kappa shape index (κ2) is 5.44. The van der Waals surface area contributed by atoms with Gasteiger partial charge in [0.05, 0.1) is 10.3 Å². The molecule has 1 aliphatic heterocycles. The van der Waals surface area contributed by atoms with Gasteiger partial charge in [-0.2, -0.15) is 0 Å². The normalized spacial score (nSPS) is 14.8. The van der Waals surface area contributed by atoms with Crippen LogP contribution in [0.4, 0.5) is 5.69 Å². The molecule has 0 radical (unpaired) electrons. The van der Waals surface area contributed by atoms with Gasteiger partial charge in [-0.15, -0.1) is 0 Å². The highest BCUT2D eigenvalue weighted by atomic mass is 16.6. The van der Waals surface area contributed by atoms with E-state index in [2.05, 4.69) is 4.98 Å². The number of benzene rings is 2. The number of fused-ring (bicyclic) bond motifs is 2. The SMILES string of the molecule is CC1(C)Cc2cccc(Oc3ccc([N+](=O)[O-])c4cnccc34)c2O1. The maximum Gasteiger partial charge on any atom is 0.279 e. The van der Waals surface area contributed by atoms with Gasteiger partial charge in [0, 0.05) is 35.8 Å². The number of hydrogen-bond donors (Lipinski definition) is 0. The highest BCUT2D eigenvalue weighted by molar-refractivity contribution is 5.94. The molecular weight excluding hydrogens is 320 g/mol. The lowest BCUT2D eigenvalue weighted by Crippen LogP contribution is -2.24. The summed E-state index contributed by atoms with van der Waals surface area (Å²) in [5.41, 5.74) is 0.824. The smallest absolute Gasteiger partial charge is 0.279 e. The fraction of sp³-hybridized carbons (Fsp3) is 0.211. The molecule has 4 rings (SSSR count). The van der Waals surface area contributed by atoms with Gasteiger partial charge in [0.1, 0.15) is 11.4 Å². The summed E-state index contributed by atoms with van der Waals surface area (Å²) in [5, 5.41) is 12.3. The molecule has 0 amide bonds. The van der Waals surface area contributed by atoms with Crippen molar-refractivity contribution in [3.05, 3.63) is 64.5 Å². The lowest BCUT2D eigenvalue weighted by molar-refractivity contribution is -0.383. The van der Waals surface area contributed by atoms with Crippen LogP contribution >= 0.6 is 0 Å². The number of aromatic nitrogens is 1.